The van der Waals surface area contributed by atoms with Crippen LogP contribution in [0, 0.1) is 0 Å². The second kappa shape index (κ2) is 20.3. The first-order valence-electron chi connectivity index (χ1n) is 14.4. The lowest BCUT2D eigenvalue weighted by molar-refractivity contribution is -0.117. The highest BCUT2D eigenvalue weighted by molar-refractivity contribution is 5.97. The third kappa shape index (κ3) is 14.1. The van der Waals surface area contributed by atoms with Crippen molar-refractivity contribution in [1.29, 1.82) is 0 Å². The van der Waals surface area contributed by atoms with Crippen molar-refractivity contribution in [3.05, 3.63) is 80.5 Å². The zero-order valence-electron chi connectivity index (χ0n) is 23.8. The van der Waals surface area contributed by atoms with Crippen LogP contribution in [0.4, 0.5) is 11.4 Å². The number of nitrogens with one attached hydrogen (secondary N) is 2. The molecule has 0 unspecified atom stereocenters. The van der Waals surface area contributed by atoms with Crippen LogP contribution in [0.5, 0.6) is 0 Å². The van der Waals surface area contributed by atoms with Crippen molar-refractivity contribution < 1.29 is 19.2 Å². The van der Waals surface area contributed by atoms with Crippen molar-refractivity contribution >= 4 is 35.0 Å². The van der Waals surface area contributed by atoms with Crippen molar-refractivity contribution in [2.24, 2.45) is 10.2 Å². The average molecular weight is 575 g/mol. The van der Waals surface area contributed by atoms with E-state index < -0.39 is 11.8 Å². The Morgan fingerprint density at radius 3 is 1.07 bits per heavy atom. The SMILES string of the molecule is [N-]=[N+]=NC(=O)c1ccc(NC(=O)CCCCCCCCCCCCCCC(=O)Nc2ccc(C(=O)N=[N+]=[N-])cc2)cc1. The molecule has 2 rings (SSSR count). The van der Waals surface area contributed by atoms with Gasteiger partial charge in [0.15, 0.2) is 0 Å². The molecule has 4 amide bonds. The number of azide groups is 2. The van der Waals surface area contributed by atoms with Crippen molar-refractivity contribution in [3.8, 4) is 0 Å². The predicted molar refractivity (Wildman–Crippen MR) is 162 cm³/mol. The molecule has 0 fully saturated rings. The summed E-state index contributed by atoms with van der Waals surface area (Å²) in [6.45, 7) is 0. The number of carbonyl (C=O) groups excluding carboxylic acids is 4. The summed E-state index contributed by atoms with van der Waals surface area (Å²) in [5, 5.41) is 11.7. The van der Waals surface area contributed by atoms with Gasteiger partial charge in [-0.3, -0.25) is 19.2 Å². The summed E-state index contributed by atoms with van der Waals surface area (Å²) in [6, 6.07) is 12.5. The molecule has 2 aromatic rings. The van der Waals surface area contributed by atoms with Gasteiger partial charge < -0.3 is 10.6 Å². The number of unbranched alkanes of at least 4 members (excludes halogenated alkanes) is 11. The van der Waals surface area contributed by atoms with Gasteiger partial charge in [0.1, 0.15) is 0 Å². The molecule has 222 valence electrons. The number of anilines is 2. The Labute approximate surface area is 245 Å². The molecule has 0 spiro atoms. The Bertz CT molecular complexity index is 1170. The van der Waals surface area contributed by atoms with E-state index in [2.05, 4.69) is 30.7 Å². The van der Waals surface area contributed by atoms with Gasteiger partial charge >= 0.3 is 0 Å². The minimum Gasteiger partial charge on any atom is -0.326 e. The van der Waals surface area contributed by atoms with E-state index in [0.29, 0.717) is 24.2 Å². The van der Waals surface area contributed by atoms with Crippen LogP contribution in [0.15, 0.2) is 58.8 Å². The minimum absolute atomic E-state index is 0.0573. The Balaban J connectivity index is 1.39. The Kier molecular flexibility index (Phi) is 16.2. The van der Waals surface area contributed by atoms with E-state index in [0.717, 1.165) is 38.5 Å². The van der Waals surface area contributed by atoms with Crippen LogP contribution in [0.1, 0.15) is 111 Å². The molecule has 0 aliphatic heterocycles. The monoisotopic (exact) mass is 574 g/mol. The zero-order chi connectivity index (χ0) is 30.4. The highest BCUT2D eigenvalue weighted by atomic mass is 16.2. The van der Waals surface area contributed by atoms with Crippen molar-refractivity contribution in [1.82, 2.24) is 0 Å². The van der Waals surface area contributed by atoms with E-state index in [1.807, 2.05) is 0 Å². The molecular formula is C30H38N8O4. The predicted octanol–water partition coefficient (Wildman–Crippen LogP) is 8.63. The normalized spacial score (nSPS) is 10.2. The first-order valence-corrected chi connectivity index (χ1v) is 14.4. The molecule has 0 aliphatic rings. The standard InChI is InChI=1S/C30H38N8O4/c31-37-35-29(41)23-15-19-25(20-16-23)33-27(39)13-11-9-7-5-3-1-2-4-6-8-10-12-14-28(40)34-26-21-17-24(18-22-26)30(42)36-38-32/h15-22H,1-14H2,(H,33,39)(H,34,40). The summed E-state index contributed by atoms with van der Waals surface area (Å²) < 4.78 is 0. The summed E-state index contributed by atoms with van der Waals surface area (Å²) in [7, 11) is 0. The number of amides is 4. The fourth-order valence-corrected chi connectivity index (χ4v) is 4.37. The maximum atomic E-state index is 12.1. The van der Waals surface area contributed by atoms with Crippen molar-refractivity contribution in [3.63, 3.8) is 0 Å². The molecule has 2 N–H and O–H groups in total. The number of benzene rings is 2. The Morgan fingerprint density at radius 1 is 0.500 bits per heavy atom. The molecule has 0 aromatic heterocycles. The van der Waals surface area contributed by atoms with Gasteiger partial charge in [-0.05, 0) is 82.7 Å². The topological polar surface area (TPSA) is 190 Å². The van der Waals surface area contributed by atoms with E-state index in [4.69, 9.17) is 11.1 Å². The summed E-state index contributed by atoms with van der Waals surface area (Å²) in [6.07, 6.45) is 14.0. The van der Waals surface area contributed by atoms with Crippen LogP contribution >= 0.6 is 0 Å². The first kappa shape index (κ1) is 33.5. The molecular weight excluding hydrogens is 536 g/mol. The van der Waals surface area contributed by atoms with Crippen LogP contribution in [0.3, 0.4) is 0 Å². The van der Waals surface area contributed by atoms with Crippen molar-refractivity contribution in [2.75, 3.05) is 10.6 Å². The minimum atomic E-state index is -0.654. The molecule has 42 heavy (non-hydrogen) atoms. The molecule has 12 heteroatoms. The van der Waals surface area contributed by atoms with Gasteiger partial charge in [0.2, 0.25) is 23.6 Å². The zero-order valence-corrected chi connectivity index (χ0v) is 23.8. The molecule has 0 aliphatic carbocycles. The molecule has 2 aromatic carbocycles. The van der Waals surface area contributed by atoms with Crippen LogP contribution < -0.4 is 10.6 Å². The number of hydrogen-bond donors (Lipinski definition) is 2. The van der Waals surface area contributed by atoms with Gasteiger partial charge in [0.25, 0.3) is 0 Å². The summed E-state index contributed by atoms with van der Waals surface area (Å²) in [5.41, 5.74) is 18.4. The Morgan fingerprint density at radius 2 is 0.786 bits per heavy atom. The van der Waals surface area contributed by atoms with Gasteiger partial charge in [0.05, 0.1) is 0 Å². The number of nitrogens with zero attached hydrogens (tertiary/aromatic N) is 6. The smallest absolute Gasteiger partial charge is 0.249 e. The highest BCUT2D eigenvalue weighted by Crippen LogP contribution is 2.16. The maximum absolute atomic E-state index is 12.1. The third-order valence-corrected chi connectivity index (χ3v) is 6.66. The summed E-state index contributed by atoms with van der Waals surface area (Å²) in [4.78, 5) is 52.1. The van der Waals surface area contributed by atoms with Gasteiger partial charge in [-0.2, -0.15) is 0 Å². The average Bonchev–Trinajstić information content (AvgIpc) is 2.98. The first-order chi connectivity index (χ1) is 20.4. The van der Waals surface area contributed by atoms with E-state index in [9.17, 15) is 19.2 Å². The quantitative estimate of drug-likeness (QED) is 0.0734. The van der Waals surface area contributed by atoms with E-state index in [-0.39, 0.29) is 22.9 Å². The summed E-state index contributed by atoms with van der Waals surface area (Å²) in [5.74, 6) is -1.42. The fraction of sp³-hybridized carbons (Fsp3) is 0.467. The van der Waals surface area contributed by atoms with Crippen LogP contribution in [0.25, 0.3) is 20.9 Å². The highest BCUT2D eigenvalue weighted by Gasteiger charge is 2.07. The van der Waals surface area contributed by atoms with E-state index in [1.165, 1.54) is 62.8 Å². The molecule has 0 saturated carbocycles. The lowest BCUT2D eigenvalue weighted by atomic mass is 10.0. The van der Waals surface area contributed by atoms with Crippen LogP contribution in [0.2, 0.25) is 0 Å². The lowest BCUT2D eigenvalue weighted by Crippen LogP contribution is -2.11. The fourth-order valence-electron chi connectivity index (χ4n) is 4.37. The number of carbonyl (C=O) groups is 4. The van der Waals surface area contributed by atoms with Gasteiger partial charge in [-0.15, -0.1) is 0 Å². The van der Waals surface area contributed by atoms with Crippen molar-refractivity contribution in [2.45, 2.75) is 89.9 Å². The summed E-state index contributed by atoms with van der Waals surface area (Å²) >= 11 is 0. The molecule has 0 radical (unpaired) electrons. The van der Waals surface area contributed by atoms with Crippen LogP contribution in [-0.4, -0.2) is 23.6 Å². The van der Waals surface area contributed by atoms with Gasteiger partial charge in [0, 0.05) is 45.2 Å². The second-order valence-electron chi connectivity index (χ2n) is 9.98. The molecule has 0 atom stereocenters. The van der Waals surface area contributed by atoms with E-state index in [1.54, 1.807) is 24.3 Å². The molecule has 0 saturated heterocycles. The van der Waals surface area contributed by atoms with Crippen LogP contribution in [-0.2, 0) is 9.59 Å². The number of rotatable bonds is 19. The largest absolute Gasteiger partial charge is 0.326 e. The molecule has 12 nitrogen and oxygen atoms in total. The van der Waals surface area contributed by atoms with E-state index >= 15 is 0 Å². The Hall–Kier alpha value is -4.66. The third-order valence-electron chi connectivity index (χ3n) is 6.66. The molecule has 0 bridgehead atoms. The van der Waals surface area contributed by atoms with Gasteiger partial charge in [-0.25, -0.2) is 0 Å². The number of hydrogen-bond acceptors (Lipinski definition) is 4. The molecule has 0 heterocycles. The lowest BCUT2D eigenvalue weighted by Gasteiger charge is -2.06. The van der Waals surface area contributed by atoms with Gasteiger partial charge in [-0.1, -0.05) is 64.2 Å². The second-order valence-corrected chi connectivity index (χ2v) is 9.98. The maximum Gasteiger partial charge on any atom is 0.249 e.